The lowest BCUT2D eigenvalue weighted by Gasteiger charge is -2.13. The molecule has 0 fully saturated rings. The topological polar surface area (TPSA) is 89.6 Å². The van der Waals surface area contributed by atoms with Crippen LogP contribution in [0.25, 0.3) is 5.82 Å². The van der Waals surface area contributed by atoms with E-state index in [9.17, 15) is 14.6 Å². The molecular formula is C20H22FN3O4. The van der Waals surface area contributed by atoms with E-state index in [1.54, 1.807) is 18.3 Å². The summed E-state index contributed by atoms with van der Waals surface area (Å²) in [4.78, 5) is 4.18. The van der Waals surface area contributed by atoms with Gasteiger partial charge in [-0.05, 0) is 30.7 Å². The molecule has 0 atom stereocenters. The molecule has 28 heavy (non-hydrogen) atoms. The third-order valence-electron chi connectivity index (χ3n) is 4.05. The fourth-order valence-electron chi connectivity index (χ4n) is 2.54. The maximum absolute atomic E-state index is 13.6. The predicted octanol–water partition coefficient (Wildman–Crippen LogP) is 3.15. The summed E-state index contributed by atoms with van der Waals surface area (Å²) in [5, 5.41) is 22.8. The van der Waals surface area contributed by atoms with E-state index in [-0.39, 0.29) is 18.0 Å². The summed E-state index contributed by atoms with van der Waals surface area (Å²) in [5.41, 5.74) is 0.995. The van der Waals surface area contributed by atoms with E-state index in [2.05, 4.69) is 17.0 Å². The predicted molar refractivity (Wildman–Crippen MR) is 99.7 cm³/mol. The first kappa shape index (κ1) is 19.8. The highest BCUT2D eigenvalue weighted by atomic mass is 19.1. The molecule has 0 saturated heterocycles. The summed E-state index contributed by atoms with van der Waals surface area (Å²) >= 11 is 0. The van der Waals surface area contributed by atoms with Crippen LogP contribution in [-0.4, -0.2) is 31.6 Å². The third kappa shape index (κ3) is 4.85. The van der Waals surface area contributed by atoms with Gasteiger partial charge in [-0.2, -0.15) is 9.78 Å². The standard InChI is InChI=1S/C20H22FN3O4/c1-2-3-10-27-17-12-16(21)5-4-15(17)13-28-19-7-9-23-24(19)18-11-14(20(25)26)6-8-22-18/h4-9,11-12,20,25-26H,2-3,10,13H2,1H3. The van der Waals surface area contributed by atoms with Crippen molar-refractivity contribution in [1.82, 2.24) is 14.8 Å². The Morgan fingerprint density at radius 1 is 1.11 bits per heavy atom. The molecule has 0 aliphatic rings. The number of rotatable bonds is 9. The Kier molecular flexibility index (Phi) is 6.57. The Labute approximate surface area is 162 Å². The van der Waals surface area contributed by atoms with Crippen LogP contribution in [0.15, 0.2) is 48.8 Å². The molecule has 0 aliphatic carbocycles. The highest BCUT2D eigenvalue weighted by molar-refractivity contribution is 5.35. The zero-order chi connectivity index (χ0) is 19.9. The van der Waals surface area contributed by atoms with Crippen molar-refractivity contribution in [2.75, 3.05) is 6.61 Å². The van der Waals surface area contributed by atoms with Gasteiger partial charge in [0, 0.05) is 29.5 Å². The minimum atomic E-state index is -1.61. The number of pyridine rings is 1. The van der Waals surface area contributed by atoms with Crippen LogP contribution in [0.4, 0.5) is 4.39 Å². The van der Waals surface area contributed by atoms with Crippen molar-refractivity contribution in [3.8, 4) is 17.4 Å². The first-order valence-electron chi connectivity index (χ1n) is 8.99. The Bertz CT molecular complexity index is 914. The number of hydrogen-bond donors (Lipinski definition) is 2. The molecule has 0 unspecified atom stereocenters. The van der Waals surface area contributed by atoms with Gasteiger partial charge in [0.15, 0.2) is 12.1 Å². The number of aliphatic hydroxyl groups is 2. The van der Waals surface area contributed by atoms with Crippen molar-refractivity contribution in [2.24, 2.45) is 0 Å². The third-order valence-corrected chi connectivity index (χ3v) is 4.05. The monoisotopic (exact) mass is 387 g/mol. The molecule has 0 saturated carbocycles. The van der Waals surface area contributed by atoms with Gasteiger partial charge in [0.25, 0.3) is 0 Å². The zero-order valence-corrected chi connectivity index (χ0v) is 15.5. The van der Waals surface area contributed by atoms with Crippen molar-refractivity contribution in [3.63, 3.8) is 0 Å². The SMILES string of the molecule is CCCCOc1cc(F)ccc1COc1ccnn1-c1cc(C(O)O)ccn1. The Balaban J connectivity index is 1.76. The molecule has 2 aromatic heterocycles. The normalized spacial score (nSPS) is 11.0. The lowest BCUT2D eigenvalue weighted by Crippen LogP contribution is -2.07. The second-order valence-electron chi connectivity index (χ2n) is 6.15. The Hall–Kier alpha value is -2.97. The van der Waals surface area contributed by atoms with Crippen LogP contribution in [0.5, 0.6) is 11.6 Å². The van der Waals surface area contributed by atoms with Crippen molar-refractivity contribution >= 4 is 0 Å². The highest BCUT2D eigenvalue weighted by Crippen LogP contribution is 2.24. The summed E-state index contributed by atoms with van der Waals surface area (Å²) in [5.74, 6) is 0.858. The Morgan fingerprint density at radius 2 is 1.96 bits per heavy atom. The van der Waals surface area contributed by atoms with Gasteiger partial charge in [-0.1, -0.05) is 13.3 Å². The second-order valence-corrected chi connectivity index (χ2v) is 6.15. The van der Waals surface area contributed by atoms with Gasteiger partial charge in [0.2, 0.25) is 5.88 Å². The van der Waals surface area contributed by atoms with E-state index >= 15 is 0 Å². The molecule has 1 aromatic carbocycles. The van der Waals surface area contributed by atoms with E-state index in [4.69, 9.17) is 9.47 Å². The van der Waals surface area contributed by atoms with E-state index in [1.807, 2.05) is 0 Å². The molecule has 0 bridgehead atoms. The average molecular weight is 387 g/mol. The van der Waals surface area contributed by atoms with Crippen LogP contribution in [0.2, 0.25) is 0 Å². The van der Waals surface area contributed by atoms with Crippen molar-refractivity contribution < 1.29 is 24.1 Å². The molecule has 0 spiro atoms. The number of aliphatic hydroxyl groups excluding tert-OH is 1. The largest absolute Gasteiger partial charge is 0.493 e. The van der Waals surface area contributed by atoms with E-state index < -0.39 is 6.29 Å². The fourth-order valence-corrected chi connectivity index (χ4v) is 2.54. The van der Waals surface area contributed by atoms with Crippen LogP contribution < -0.4 is 9.47 Å². The zero-order valence-electron chi connectivity index (χ0n) is 15.5. The molecular weight excluding hydrogens is 365 g/mol. The second kappa shape index (κ2) is 9.29. The number of nitrogens with zero attached hydrogens (tertiary/aromatic N) is 3. The smallest absolute Gasteiger partial charge is 0.218 e. The molecule has 8 heteroatoms. The Morgan fingerprint density at radius 3 is 2.75 bits per heavy atom. The van der Waals surface area contributed by atoms with E-state index in [0.717, 1.165) is 12.8 Å². The summed E-state index contributed by atoms with van der Waals surface area (Å²) in [6.07, 6.45) is 3.25. The van der Waals surface area contributed by atoms with Gasteiger partial charge < -0.3 is 19.7 Å². The summed E-state index contributed by atoms with van der Waals surface area (Å²) < 4.78 is 26.5. The number of unbranched alkanes of at least 4 members (excludes halogenated alkanes) is 1. The molecule has 0 radical (unpaired) electrons. The molecule has 2 N–H and O–H groups in total. The van der Waals surface area contributed by atoms with Gasteiger partial charge in [-0.3, -0.25) is 0 Å². The van der Waals surface area contributed by atoms with Gasteiger partial charge in [0.05, 0.1) is 12.8 Å². The minimum Gasteiger partial charge on any atom is -0.493 e. The maximum Gasteiger partial charge on any atom is 0.218 e. The van der Waals surface area contributed by atoms with Crippen molar-refractivity contribution in [1.29, 1.82) is 0 Å². The molecule has 0 amide bonds. The number of ether oxygens (including phenoxy) is 2. The van der Waals surface area contributed by atoms with Gasteiger partial charge in [0.1, 0.15) is 18.2 Å². The number of halogens is 1. The highest BCUT2D eigenvalue weighted by Gasteiger charge is 2.12. The number of hydrogen-bond acceptors (Lipinski definition) is 6. The first-order valence-corrected chi connectivity index (χ1v) is 8.99. The van der Waals surface area contributed by atoms with Crippen molar-refractivity contribution in [3.05, 3.63) is 65.7 Å². The first-order chi connectivity index (χ1) is 13.6. The van der Waals surface area contributed by atoms with Crippen molar-refractivity contribution in [2.45, 2.75) is 32.7 Å². The number of benzene rings is 1. The molecule has 0 aliphatic heterocycles. The molecule has 148 valence electrons. The average Bonchev–Trinajstić information content (AvgIpc) is 3.16. The quantitative estimate of drug-likeness (QED) is 0.433. The van der Waals surface area contributed by atoms with Gasteiger partial charge >= 0.3 is 0 Å². The van der Waals surface area contributed by atoms with E-state index in [0.29, 0.717) is 29.6 Å². The van der Waals surface area contributed by atoms with Crippen LogP contribution in [0, 0.1) is 5.82 Å². The van der Waals surface area contributed by atoms with Crippen LogP contribution in [-0.2, 0) is 6.61 Å². The molecule has 2 heterocycles. The van der Waals surface area contributed by atoms with Crippen LogP contribution in [0.3, 0.4) is 0 Å². The lowest BCUT2D eigenvalue weighted by atomic mass is 10.2. The van der Waals surface area contributed by atoms with Gasteiger partial charge in [-0.15, -0.1) is 0 Å². The fraction of sp³-hybridized carbons (Fsp3) is 0.300. The number of aromatic nitrogens is 3. The summed E-state index contributed by atoms with van der Waals surface area (Å²) in [6, 6.07) is 8.98. The molecule has 3 rings (SSSR count). The molecule has 7 nitrogen and oxygen atoms in total. The van der Waals surface area contributed by atoms with Crippen LogP contribution in [0.1, 0.15) is 37.2 Å². The van der Waals surface area contributed by atoms with Gasteiger partial charge in [-0.25, -0.2) is 9.37 Å². The molecule has 3 aromatic rings. The summed E-state index contributed by atoms with van der Waals surface area (Å²) in [6.45, 7) is 2.71. The maximum atomic E-state index is 13.6. The summed E-state index contributed by atoms with van der Waals surface area (Å²) in [7, 11) is 0. The van der Waals surface area contributed by atoms with E-state index in [1.165, 1.54) is 35.1 Å². The lowest BCUT2D eigenvalue weighted by molar-refractivity contribution is -0.0425. The van der Waals surface area contributed by atoms with Crippen LogP contribution >= 0.6 is 0 Å². The minimum absolute atomic E-state index is 0.149.